The van der Waals surface area contributed by atoms with Crippen molar-refractivity contribution in [2.45, 2.75) is 26.4 Å². The Morgan fingerprint density at radius 2 is 1.81 bits per heavy atom. The number of nitrogens with zero attached hydrogens (tertiary/aromatic N) is 2. The predicted molar refractivity (Wildman–Crippen MR) is 101 cm³/mol. The fraction of sp³-hybridized carbons (Fsp3) is 0.211. The van der Waals surface area contributed by atoms with Gasteiger partial charge in [0.15, 0.2) is 0 Å². The van der Waals surface area contributed by atoms with Crippen LogP contribution in [0.25, 0.3) is 11.0 Å². The predicted octanol–water partition coefficient (Wildman–Crippen LogP) is 5.42. The summed E-state index contributed by atoms with van der Waals surface area (Å²) in [6, 6.07) is 12.2. The van der Waals surface area contributed by atoms with Crippen LogP contribution in [-0.2, 0) is 4.74 Å². The lowest BCUT2D eigenvalue weighted by atomic mass is 10.2. The standard InChI is InChI=1S/C19H18ClN3O3/c1-19(2,3)26-18(24)22-13-5-7-14(8-6-13)25-17-11-21-16-10-12(20)4-9-15(16)23-17/h4-11H,1-3H3,(H,22,24). The Kier molecular flexibility index (Phi) is 4.95. The second-order valence-corrected chi connectivity index (χ2v) is 7.03. The molecular formula is C19H18ClN3O3. The van der Waals surface area contributed by atoms with Gasteiger partial charge in [-0.05, 0) is 63.2 Å². The summed E-state index contributed by atoms with van der Waals surface area (Å²) < 4.78 is 10.9. The number of hydrogen-bond donors (Lipinski definition) is 1. The molecule has 0 aliphatic carbocycles. The molecule has 3 aromatic rings. The van der Waals surface area contributed by atoms with E-state index >= 15 is 0 Å². The van der Waals surface area contributed by atoms with Gasteiger partial charge in [0, 0.05) is 10.7 Å². The van der Waals surface area contributed by atoms with Crippen LogP contribution in [0.5, 0.6) is 11.6 Å². The number of aromatic nitrogens is 2. The van der Waals surface area contributed by atoms with Crippen molar-refractivity contribution in [3.05, 3.63) is 53.7 Å². The van der Waals surface area contributed by atoms with Gasteiger partial charge >= 0.3 is 6.09 Å². The highest BCUT2D eigenvalue weighted by molar-refractivity contribution is 6.31. The lowest BCUT2D eigenvalue weighted by Crippen LogP contribution is -2.27. The number of carbonyl (C=O) groups excluding carboxylic acids is 1. The van der Waals surface area contributed by atoms with Crippen LogP contribution in [0.1, 0.15) is 20.8 Å². The third-order valence-electron chi connectivity index (χ3n) is 3.20. The number of rotatable bonds is 3. The zero-order valence-electron chi connectivity index (χ0n) is 14.6. The molecule has 134 valence electrons. The first-order valence-corrected chi connectivity index (χ1v) is 8.36. The summed E-state index contributed by atoms with van der Waals surface area (Å²) in [6.45, 7) is 5.42. The molecule has 1 N–H and O–H groups in total. The molecule has 0 saturated carbocycles. The Morgan fingerprint density at radius 1 is 1.08 bits per heavy atom. The molecule has 26 heavy (non-hydrogen) atoms. The van der Waals surface area contributed by atoms with Crippen molar-refractivity contribution >= 4 is 34.4 Å². The van der Waals surface area contributed by atoms with Gasteiger partial charge in [-0.15, -0.1) is 0 Å². The van der Waals surface area contributed by atoms with Crippen molar-refractivity contribution < 1.29 is 14.3 Å². The van der Waals surface area contributed by atoms with Crippen LogP contribution in [0.3, 0.4) is 0 Å². The number of anilines is 1. The number of carbonyl (C=O) groups is 1. The largest absolute Gasteiger partial charge is 0.444 e. The number of ether oxygens (including phenoxy) is 2. The zero-order chi connectivity index (χ0) is 18.7. The maximum atomic E-state index is 11.8. The average Bonchev–Trinajstić information content (AvgIpc) is 2.55. The second-order valence-electron chi connectivity index (χ2n) is 6.59. The maximum absolute atomic E-state index is 11.8. The van der Waals surface area contributed by atoms with Crippen LogP contribution < -0.4 is 10.1 Å². The molecule has 0 unspecified atom stereocenters. The number of amides is 1. The molecule has 1 amide bonds. The number of benzene rings is 2. The third-order valence-corrected chi connectivity index (χ3v) is 3.44. The van der Waals surface area contributed by atoms with Gasteiger partial charge < -0.3 is 9.47 Å². The summed E-state index contributed by atoms with van der Waals surface area (Å²) in [5.41, 5.74) is 1.44. The minimum atomic E-state index is -0.549. The molecule has 2 aromatic carbocycles. The van der Waals surface area contributed by atoms with Gasteiger partial charge in [0.1, 0.15) is 11.4 Å². The molecule has 0 fully saturated rings. The Hall–Kier alpha value is -2.86. The van der Waals surface area contributed by atoms with Gasteiger partial charge in [0.25, 0.3) is 0 Å². The van der Waals surface area contributed by atoms with Crippen molar-refractivity contribution in [3.8, 4) is 11.6 Å². The van der Waals surface area contributed by atoms with Gasteiger partial charge in [-0.2, -0.15) is 0 Å². The maximum Gasteiger partial charge on any atom is 0.412 e. The normalized spacial score (nSPS) is 11.2. The summed E-state index contributed by atoms with van der Waals surface area (Å²) in [7, 11) is 0. The van der Waals surface area contributed by atoms with Crippen molar-refractivity contribution in [2.24, 2.45) is 0 Å². The molecule has 1 aromatic heterocycles. The molecule has 0 radical (unpaired) electrons. The first-order valence-electron chi connectivity index (χ1n) is 7.99. The molecule has 7 heteroatoms. The van der Waals surface area contributed by atoms with E-state index in [0.29, 0.717) is 33.4 Å². The summed E-state index contributed by atoms with van der Waals surface area (Å²) in [5.74, 6) is 0.940. The van der Waals surface area contributed by atoms with E-state index in [1.165, 1.54) is 6.20 Å². The van der Waals surface area contributed by atoms with Crippen LogP contribution in [0.4, 0.5) is 10.5 Å². The molecular weight excluding hydrogens is 354 g/mol. The number of halogens is 1. The number of nitrogens with one attached hydrogen (secondary N) is 1. The molecule has 0 aliphatic heterocycles. The van der Waals surface area contributed by atoms with Gasteiger partial charge in [-0.1, -0.05) is 11.6 Å². The van der Waals surface area contributed by atoms with Crippen LogP contribution in [0.2, 0.25) is 5.02 Å². The van der Waals surface area contributed by atoms with Crippen molar-refractivity contribution in [1.82, 2.24) is 9.97 Å². The van der Waals surface area contributed by atoms with E-state index in [9.17, 15) is 4.79 Å². The van der Waals surface area contributed by atoms with Crippen LogP contribution in [0, 0.1) is 0 Å². The van der Waals surface area contributed by atoms with Crippen molar-refractivity contribution in [3.63, 3.8) is 0 Å². The molecule has 0 bridgehead atoms. The van der Waals surface area contributed by atoms with E-state index in [1.54, 1.807) is 42.5 Å². The van der Waals surface area contributed by atoms with Crippen molar-refractivity contribution in [2.75, 3.05) is 5.32 Å². The molecule has 0 saturated heterocycles. The van der Waals surface area contributed by atoms with E-state index in [1.807, 2.05) is 20.8 Å². The molecule has 0 aliphatic rings. The topological polar surface area (TPSA) is 73.3 Å². The summed E-state index contributed by atoms with van der Waals surface area (Å²) in [4.78, 5) is 20.4. The summed E-state index contributed by atoms with van der Waals surface area (Å²) in [6.07, 6.45) is 1.02. The van der Waals surface area contributed by atoms with Gasteiger partial charge in [-0.3, -0.25) is 5.32 Å². The number of hydrogen-bond acceptors (Lipinski definition) is 5. The van der Waals surface area contributed by atoms with Gasteiger partial charge in [0.05, 0.1) is 17.2 Å². The molecule has 6 nitrogen and oxygen atoms in total. The smallest absolute Gasteiger partial charge is 0.412 e. The zero-order valence-corrected chi connectivity index (χ0v) is 15.4. The monoisotopic (exact) mass is 371 g/mol. The van der Waals surface area contributed by atoms with Crippen LogP contribution >= 0.6 is 11.6 Å². The van der Waals surface area contributed by atoms with Gasteiger partial charge in [-0.25, -0.2) is 14.8 Å². The van der Waals surface area contributed by atoms with Crippen LogP contribution in [0.15, 0.2) is 48.7 Å². The number of fused-ring (bicyclic) bond motifs is 1. The Bertz CT molecular complexity index is 937. The summed E-state index contributed by atoms with van der Waals surface area (Å²) in [5, 5.41) is 3.27. The molecule has 0 spiro atoms. The van der Waals surface area contributed by atoms with Crippen molar-refractivity contribution in [1.29, 1.82) is 0 Å². The SMILES string of the molecule is CC(C)(C)OC(=O)Nc1ccc(Oc2cnc3cc(Cl)ccc3n2)cc1. The first kappa shape index (κ1) is 17.9. The minimum absolute atomic E-state index is 0.368. The highest BCUT2D eigenvalue weighted by atomic mass is 35.5. The lowest BCUT2D eigenvalue weighted by Gasteiger charge is -2.19. The van der Waals surface area contributed by atoms with Crippen LogP contribution in [-0.4, -0.2) is 21.7 Å². The van der Waals surface area contributed by atoms with E-state index < -0.39 is 11.7 Å². The highest BCUT2D eigenvalue weighted by Crippen LogP contribution is 2.24. The quantitative estimate of drug-likeness (QED) is 0.665. The third kappa shape index (κ3) is 4.83. The Balaban J connectivity index is 1.67. The first-order chi connectivity index (χ1) is 12.3. The molecule has 1 heterocycles. The van der Waals surface area contributed by atoms with Gasteiger partial charge in [0.2, 0.25) is 5.88 Å². The summed E-state index contributed by atoms with van der Waals surface area (Å²) >= 11 is 5.94. The fourth-order valence-electron chi connectivity index (χ4n) is 2.16. The van der Waals surface area contributed by atoms with E-state index in [2.05, 4.69) is 15.3 Å². The second kappa shape index (κ2) is 7.17. The minimum Gasteiger partial charge on any atom is -0.444 e. The highest BCUT2D eigenvalue weighted by Gasteiger charge is 2.16. The molecule has 0 atom stereocenters. The Morgan fingerprint density at radius 3 is 2.50 bits per heavy atom. The van der Waals surface area contributed by atoms with E-state index in [4.69, 9.17) is 21.1 Å². The fourth-order valence-corrected chi connectivity index (χ4v) is 2.33. The van der Waals surface area contributed by atoms with E-state index in [0.717, 1.165) is 0 Å². The Labute approximate surface area is 156 Å². The average molecular weight is 372 g/mol. The lowest BCUT2D eigenvalue weighted by molar-refractivity contribution is 0.0636. The molecule has 3 rings (SSSR count). The van der Waals surface area contributed by atoms with E-state index in [-0.39, 0.29) is 0 Å².